The molecule has 1 aromatic carbocycles. The van der Waals surface area contributed by atoms with Gasteiger partial charge < -0.3 is 10.2 Å². The molecule has 0 spiro atoms. The van der Waals surface area contributed by atoms with Crippen LogP contribution in [-0.2, 0) is 9.59 Å². The number of thioether (sulfide) groups is 1. The van der Waals surface area contributed by atoms with Crippen molar-refractivity contribution in [2.45, 2.75) is 26.2 Å². The van der Waals surface area contributed by atoms with E-state index >= 15 is 0 Å². The molecule has 2 saturated heterocycles. The smallest absolute Gasteiger partial charge is 0.298 e. The predicted molar refractivity (Wildman–Crippen MR) is 97.1 cm³/mol. The van der Waals surface area contributed by atoms with Gasteiger partial charge >= 0.3 is 0 Å². The van der Waals surface area contributed by atoms with Crippen molar-refractivity contribution in [2.75, 3.05) is 25.1 Å². The molecule has 0 radical (unpaired) electrons. The first-order valence-corrected chi connectivity index (χ1v) is 9.31. The number of nitrogens with one attached hydrogen (secondary N) is 2. The Morgan fingerprint density at radius 2 is 1.88 bits per heavy atom. The zero-order valence-corrected chi connectivity index (χ0v) is 15.0. The molecule has 7 heteroatoms. The van der Waals surface area contributed by atoms with Gasteiger partial charge in [-0.05, 0) is 50.1 Å². The lowest BCUT2D eigenvalue weighted by molar-refractivity contribution is -0.912. The number of quaternary nitrogens is 1. The Labute approximate surface area is 151 Å². The molecular weight excluding hydrogens is 338 g/mol. The maximum Gasteiger partial charge on any atom is 0.298 e. The Kier molecular flexibility index (Phi) is 5.55. The van der Waals surface area contributed by atoms with Gasteiger partial charge in [-0.2, -0.15) is 0 Å². The Balaban J connectivity index is 1.62. The molecule has 2 aliphatic rings. The third-order valence-electron chi connectivity index (χ3n) is 4.40. The van der Waals surface area contributed by atoms with Crippen LogP contribution in [0.3, 0.4) is 0 Å². The quantitative estimate of drug-likeness (QED) is 0.799. The zero-order chi connectivity index (χ0) is 17.8. The second-order valence-corrected chi connectivity index (χ2v) is 7.43. The summed E-state index contributed by atoms with van der Waals surface area (Å²) in [5, 5.41) is 2.42. The summed E-state index contributed by atoms with van der Waals surface area (Å²) in [7, 11) is 0. The van der Waals surface area contributed by atoms with Crippen LogP contribution in [0.4, 0.5) is 10.5 Å². The summed E-state index contributed by atoms with van der Waals surface area (Å²) in [6.07, 6.45) is 4.68. The van der Waals surface area contributed by atoms with E-state index in [2.05, 4.69) is 5.32 Å². The number of likely N-dealkylation sites (tertiary alicyclic amines) is 1. The van der Waals surface area contributed by atoms with Gasteiger partial charge in [0, 0.05) is 11.8 Å². The molecule has 2 heterocycles. The molecule has 6 nitrogen and oxygen atoms in total. The number of nitrogens with zero attached hydrogens (tertiary/aromatic N) is 1. The van der Waals surface area contributed by atoms with Crippen LogP contribution >= 0.6 is 11.8 Å². The fourth-order valence-corrected chi connectivity index (χ4v) is 3.81. The maximum absolute atomic E-state index is 12.4. The topological polar surface area (TPSA) is 70.9 Å². The number of imide groups is 1. The lowest BCUT2D eigenvalue weighted by Gasteiger charge is -2.26. The van der Waals surface area contributed by atoms with Crippen LogP contribution in [0.2, 0.25) is 0 Å². The minimum Gasteiger partial charge on any atom is -0.322 e. The van der Waals surface area contributed by atoms with Gasteiger partial charge in [0.25, 0.3) is 11.1 Å². The first-order valence-electron chi connectivity index (χ1n) is 8.49. The first kappa shape index (κ1) is 17.7. The number of carbonyl (C=O) groups excluding carboxylic acids is 3. The first-order chi connectivity index (χ1) is 12.0. The number of hydrogen-bond donors (Lipinski definition) is 2. The van der Waals surface area contributed by atoms with E-state index in [9.17, 15) is 14.4 Å². The normalized spacial score (nSPS) is 20.4. The summed E-state index contributed by atoms with van der Waals surface area (Å²) in [5.41, 5.74) is 1.75. The van der Waals surface area contributed by atoms with Gasteiger partial charge in [0.15, 0.2) is 6.67 Å². The van der Waals surface area contributed by atoms with Crippen LogP contribution in [0.25, 0.3) is 0 Å². The highest BCUT2D eigenvalue weighted by molar-refractivity contribution is 8.18. The van der Waals surface area contributed by atoms with E-state index in [0.29, 0.717) is 12.4 Å². The molecule has 0 atom stereocenters. The Hall–Kier alpha value is -2.12. The second-order valence-electron chi connectivity index (χ2n) is 6.43. The summed E-state index contributed by atoms with van der Waals surface area (Å²) < 4.78 is 0. The Morgan fingerprint density at radius 3 is 2.56 bits per heavy atom. The zero-order valence-electron chi connectivity index (χ0n) is 14.2. The maximum atomic E-state index is 12.4. The summed E-state index contributed by atoms with van der Waals surface area (Å²) in [5.74, 6) is -0.771. The third-order valence-corrected chi connectivity index (χ3v) is 5.30. The molecule has 2 aliphatic heterocycles. The van der Waals surface area contributed by atoms with E-state index in [0.717, 1.165) is 43.3 Å². The molecule has 0 aliphatic carbocycles. The van der Waals surface area contributed by atoms with E-state index in [1.165, 1.54) is 22.3 Å². The van der Waals surface area contributed by atoms with Crippen LogP contribution in [-0.4, -0.2) is 41.7 Å². The van der Waals surface area contributed by atoms with E-state index < -0.39 is 5.91 Å². The van der Waals surface area contributed by atoms with E-state index in [1.54, 1.807) is 12.1 Å². The summed E-state index contributed by atoms with van der Waals surface area (Å²) >= 11 is 0.836. The van der Waals surface area contributed by atoms with Crippen molar-refractivity contribution < 1.29 is 19.3 Å². The minimum atomic E-state index is -0.403. The number of carbonyl (C=O) groups is 3. The highest BCUT2D eigenvalue weighted by atomic mass is 32.2. The fourth-order valence-electron chi connectivity index (χ4n) is 3.00. The number of piperidine rings is 1. The van der Waals surface area contributed by atoms with Gasteiger partial charge in [-0.25, -0.2) is 4.90 Å². The Morgan fingerprint density at radius 1 is 1.20 bits per heavy atom. The van der Waals surface area contributed by atoms with Gasteiger partial charge in [-0.15, -0.1) is 0 Å². The number of amides is 3. The van der Waals surface area contributed by atoms with Crippen molar-refractivity contribution in [2.24, 2.45) is 0 Å². The summed E-state index contributed by atoms with van der Waals surface area (Å²) in [6.45, 7) is 4.32. The summed E-state index contributed by atoms with van der Waals surface area (Å²) in [6, 6.07) is 7.38. The van der Waals surface area contributed by atoms with Crippen LogP contribution < -0.4 is 10.2 Å². The van der Waals surface area contributed by atoms with E-state index in [-0.39, 0.29) is 16.1 Å². The lowest BCUT2D eigenvalue weighted by atomic mass is 10.1. The highest BCUT2D eigenvalue weighted by Gasteiger charge is 2.38. The van der Waals surface area contributed by atoms with Gasteiger partial charge in [-0.1, -0.05) is 17.7 Å². The largest absolute Gasteiger partial charge is 0.322 e. The van der Waals surface area contributed by atoms with Crippen LogP contribution in [0.5, 0.6) is 0 Å². The van der Waals surface area contributed by atoms with Crippen LogP contribution in [0.15, 0.2) is 35.2 Å². The molecule has 2 N–H and O–H groups in total. The summed E-state index contributed by atoms with van der Waals surface area (Å²) in [4.78, 5) is 39.4. The van der Waals surface area contributed by atoms with Crippen LogP contribution in [0.1, 0.15) is 24.8 Å². The van der Waals surface area contributed by atoms with Gasteiger partial charge in [0.2, 0.25) is 5.91 Å². The monoisotopic (exact) mass is 360 g/mol. The van der Waals surface area contributed by atoms with Crippen molar-refractivity contribution in [3.05, 3.63) is 40.8 Å². The van der Waals surface area contributed by atoms with Crippen LogP contribution in [0, 0.1) is 6.92 Å². The number of hydrogen-bond acceptors (Lipinski definition) is 4. The number of benzene rings is 1. The fraction of sp³-hybridized carbons (Fsp3) is 0.389. The average molecular weight is 360 g/mol. The molecule has 0 aromatic heterocycles. The Bertz CT molecular complexity index is 709. The standard InChI is InChI=1S/C18H21N3O3S/c1-13-5-7-14(8-6-13)19-16(22)11-15-17(23)21(18(24)25-15)12-20-9-3-2-4-10-20/h5-8,11H,2-4,9-10,12H2,1H3,(H,19,22)/p+1/b15-11+. The van der Waals surface area contributed by atoms with Gasteiger partial charge in [-0.3, -0.25) is 14.4 Å². The van der Waals surface area contributed by atoms with Gasteiger partial charge in [0.1, 0.15) is 0 Å². The molecule has 25 heavy (non-hydrogen) atoms. The molecule has 2 fully saturated rings. The minimum absolute atomic E-state index is 0.186. The molecule has 0 unspecified atom stereocenters. The molecule has 1 aromatic rings. The SMILES string of the molecule is Cc1ccc(NC(=O)/C=C2/SC(=O)N(C[NH+]3CCCCC3)C2=O)cc1. The second kappa shape index (κ2) is 7.84. The number of rotatable bonds is 4. The van der Waals surface area contributed by atoms with Crippen molar-refractivity contribution >= 4 is 34.5 Å². The molecule has 3 rings (SSSR count). The molecular formula is C18H22N3O3S+. The molecule has 0 saturated carbocycles. The van der Waals surface area contributed by atoms with Crippen molar-refractivity contribution in [1.82, 2.24) is 4.90 Å². The number of aryl methyl sites for hydroxylation is 1. The number of anilines is 1. The van der Waals surface area contributed by atoms with Crippen molar-refractivity contribution in [3.8, 4) is 0 Å². The highest BCUT2D eigenvalue weighted by Crippen LogP contribution is 2.29. The predicted octanol–water partition coefficient (Wildman–Crippen LogP) is 1.54. The molecule has 3 amide bonds. The molecule has 0 bridgehead atoms. The lowest BCUT2D eigenvalue weighted by Crippen LogP contribution is -3.14. The van der Waals surface area contributed by atoms with Crippen molar-refractivity contribution in [3.63, 3.8) is 0 Å². The van der Waals surface area contributed by atoms with Crippen molar-refractivity contribution in [1.29, 1.82) is 0 Å². The third kappa shape index (κ3) is 4.49. The van der Waals surface area contributed by atoms with Gasteiger partial charge in [0.05, 0.1) is 18.0 Å². The van der Waals surface area contributed by atoms with E-state index in [1.807, 2.05) is 19.1 Å². The molecule has 132 valence electrons. The van der Waals surface area contributed by atoms with E-state index in [4.69, 9.17) is 0 Å². The average Bonchev–Trinajstić information content (AvgIpc) is 2.85.